The average molecular weight is 212 g/mol. The zero-order valence-electron chi connectivity index (χ0n) is 8.30. The molecule has 2 amide bonds. The lowest BCUT2D eigenvalue weighted by atomic mass is 10.2. The van der Waals surface area contributed by atoms with Crippen molar-refractivity contribution in [2.75, 3.05) is 20.2 Å². The van der Waals surface area contributed by atoms with Crippen molar-refractivity contribution in [2.45, 2.75) is 0 Å². The fourth-order valence-corrected chi connectivity index (χ4v) is 2.17. The van der Waals surface area contributed by atoms with Gasteiger partial charge in [-0.2, -0.15) is 0 Å². The molecule has 0 aromatic heterocycles. The minimum atomic E-state index is -0.552. The number of amides is 2. The Labute approximate surface area is 86.3 Å². The molecule has 2 rings (SSSR count). The van der Waals surface area contributed by atoms with Gasteiger partial charge < -0.3 is 10.5 Å². The average Bonchev–Trinajstić information content (AvgIpc) is 2.92. The maximum Gasteiger partial charge on any atom is 0.310 e. The molecule has 0 spiro atoms. The molecule has 0 bridgehead atoms. The monoisotopic (exact) mass is 212 g/mol. The van der Waals surface area contributed by atoms with E-state index in [0.29, 0.717) is 0 Å². The number of fused-ring (bicyclic) bond motifs is 1. The fraction of sp³-hybridized carbons (Fsp3) is 0.667. The summed E-state index contributed by atoms with van der Waals surface area (Å²) < 4.78 is 4.52. The summed E-state index contributed by atoms with van der Waals surface area (Å²) in [5.41, 5.74) is 5.28. The summed E-state index contributed by atoms with van der Waals surface area (Å²) in [5, 5.41) is 0. The van der Waals surface area contributed by atoms with E-state index in [4.69, 9.17) is 5.73 Å². The molecular weight excluding hydrogens is 200 g/mol. The topological polar surface area (TPSA) is 89.7 Å². The van der Waals surface area contributed by atoms with E-state index in [1.165, 1.54) is 7.11 Å². The molecule has 0 aromatic carbocycles. The first-order chi connectivity index (χ1) is 7.13. The van der Waals surface area contributed by atoms with Gasteiger partial charge in [0.15, 0.2) is 0 Å². The normalized spacial score (nSPS) is 32.9. The van der Waals surface area contributed by atoms with Gasteiger partial charge in [0, 0.05) is 13.1 Å². The largest absolute Gasteiger partial charge is 0.469 e. The van der Waals surface area contributed by atoms with Crippen LogP contribution in [0.5, 0.6) is 0 Å². The van der Waals surface area contributed by atoms with E-state index in [-0.39, 0.29) is 24.9 Å². The van der Waals surface area contributed by atoms with Crippen molar-refractivity contribution in [3.63, 3.8) is 0 Å². The molecule has 1 saturated carbocycles. The molecular formula is C9H12N2O4. The van der Waals surface area contributed by atoms with Crippen LogP contribution in [-0.4, -0.2) is 42.9 Å². The molecule has 6 nitrogen and oxygen atoms in total. The van der Waals surface area contributed by atoms with Crippen molar-refractivity contribution in [1.82, 2.24) is 4.90 Å². The van der Waals surface area contributed by atoms with E-state index in [1.54, 1.807) is 0 Å². The number of hydrogen-bond acceptors (Lipinski definition) is 5. The molecule has 1 saturated heterocycles. The number of esters is 1. The third kappa shape index (κ3) is 1.25. The van der Waals surface area contributed by atoms with Gasteiger partial charge in [-0.3, -0.25) is 19.3 Å². The van der Waals surface area contributed by atoms with Crippen LogP contribution in [-0.2, 0) is 19.1 Å². The predicted octanol–water partition coefficient (Wildman–Crippen LogP) is -1.65. The summed E-state index contributed by atoms with van der Waals surface area (Å²) in [5.74, 6) is -2.58. The van der Waals surface area contributed by atoms with Crippen molar-refractivity contribution >= 4 is 17.8 Å². The Morgan fingerprint density at radius 1 is 1.40 bits per heavy atom. The molecule has 1 aliphatic heterocycles. The molecule has 6 heteroatoms. The first kappa shape index (κ1) is 10.1. The van der Waals surface area contributed by atoms with Crippen molar-refractivity contribution in [3.05, 3.63) is 0 Å². The van der Waals surface area contributed by atoms with E-state index < -0.39 is 23.7 Å². The second kappa shape index (κ2) is 3.30. The van der Waals surface area contributed by atoms with Crippen LogP contribution in [0.1, 0.15) is 0 Å². The quantitative estimate of drug-likeness (QED) is 0.447. The Morgan fingerprint density at radius 2 is 1.93 bits per heavy atom. The fourth-order valence-electron chi connectivity index (χ4n) is 2.17. The Morgan fingerprint density at radius 3 is 2.33 bits per heavy atom. The number of carbonyl (C=O) groups excluding carboxylic acids is 3. The maximum atomic E-state index is 11.6. The summed E-state index contributed by atoms with van der Waals surface area (Å²) in [6.07, 6.45) is 0. The summed E-state index contributed by atoms with van der Waals surface area (Å²) in [6, 6.07) is 0. The Kier molecular flexibility index (Phi) is 2.22. The standard InChI is InChI=1S/C9H12N2O4/c1-15-9(14)6-4-5(6)8(13)11(3-2-10)7(4)12/h4-6H,2-3,10H2,1H3. The van der Waals surface area contributed by atoms with Gasteiger partial charge in [0.1, 0.15) is 0 Å². The molecule has 15 heavy (non-hydrogen) atoms. The van der Waals surface area contributed by atoms with Gasteiger partial charge >= 0.3 is 5.97 Å². The Bertz CT molecular complexity index is 319. The number of methoxy groups -OCH3 is 1. The van der Waals surface area contributed by atoms with Crippen LogP contribution in [0.3, 0.4) is 0 Å². The number of imide groups is 1. The number of nitrogens with two attached hydrogens (primary N) is 1. The minimum Gasteiger partial charge on any atom is -0.469 e. The van der Waals surface area contributed by atoms with Crippen LogP contribution < -0.4 is 5.73 Å². The second-order valence-corrected chi connectivity index (χ2v) is 3.72. The first-order valence-corrected chi connectivity index (χ1v) is 4.76. The van der Waals surface area contributed by atoms with Crippen LogP contribution in [0.25, 0.3) is 0 Å². The van der Waals surface area contributed by atoms with Gasteiger partial charge in [0.05, 0.1) is 24.9 Å². The maximum absolute atomic E-state index is 11.6. The zero-order chi connectivity index (χ0) is 11.2. The molecule has 2 fully saturated rings. The highest BCUT2D eigenvalue weighted by atomic mass is 16.5. The van der Waals surface area contributed by atoms with Gasteiger partial charge in [0.25, 0.3) is 0 Å². The van der Waals surface area contributed by atoms with E-state index in [0.717, 1.165) is 4.90 Å². The third-order valence-electron chi connectivity index (χ3n) is 2.95. The van der Waals surface area contributed by atoms with Gasteiger partial charge in [0.2, 0.25) is 11.8 Å². The third-order valence-corrected chi connectivity index (χ3v) is 2.95. The van der Waals surface area contributed by atoms with Crippen molar-refractivity contribution in [1.29, 1.82) is 0 Å². The highest BCUT2D eigenvalue weighted by Gasteiger charge is 2.70. The van der Waals surface area contributed by atoms with E-state index in [9.17, 15) is 14.4 Å². The first-order valence-electron chi connectivity index (χ1n) is 4.76. The molecule has 2 N–H and O–H groups in total. The Balaban J connectivity index is 2.09. The lowest BCUT2D eigenvalue weighted by Crippen LogP contribution is -2.39. The second-order valence-electron chi connectivity index (χ2n) is 3.72. The summed E-state index contributed by atoms with van der Waals surface area (Å²) in [4.78, 5) is 35.5. The molecule has 2 atom stereocenters. The number of piperidine rings is 1. The van der Waals surface area contributed by atoms with Crippen molar-refractivity contribution < 1.29 is 19.1 Å². The summed E-state index contributed by atoms with van der Waals surface area (Å²) in [7, 11) is 1.25. The number of rotatable bonds is 3. The molecule has 0 aromatic rings. The van der Waals surface area contributed by atoms with E-state index in [2.05, 4.69) is 4.74 Å². The summed E-state index contributed by atoms with van der Waals surface area (Å²) in [6.45, 7) is 0.484. The lowest BCUT2D eigenvalue weighted by Gasteiger charge is -2.16. The number of nitrogens with zero attached hydrogens (tertiary/aromatic N) is 1. The lowest BCUT2D eigenvalue weighted by molar-refractivity contribution is -0.150. The van der Waals surface area contributed by atoms with Crippen LogP contribution >= 0.6 is 0 Å². The van der Waals surface area contributed by atoms with Crippen LogP contribution in [0.4, 0.5) is 0 Å². The van der Waals surface area contributed by atoms with E-state index in [1.807, 2.05) is 0 Å². The molecule has 82 valence electrons. The van der Waals surface area contributed by atoms with Gasteiger partial charge in [-0.15, -0.1) is 0 Å². The van der Waals surface area contributed by atoms with Gasteiger partial charge in [-0.1, -0.05) is 0 Å². The molecule has 1 heterocycles. The number of likely N-dealkylation sites (tertiary alicyclic amines) is 1. The van der Waals surface area contributed by atoms with Crippen molar-refractivity contribution in [2.24, 2.45) is 23.5 Å². The van der Waals surface area contributed by atoms with Crippen LogP contribution in [0.2, 0.25) is 0 Å². The minimum absolute atomic E-state index is 0.235. The van der Waals surface area contributed by atoms with E-state index >= 15 is 0 Å². The van der Waals surface area contributed by atoms with Gasteiger partial charge in [-0.05, 0) is 0 Å². The van der Waals surface area contributed by atoms with Crippen molar-refractivity contribution in [3.8, 4) is 0 Å². The van der Waals surface area contributed by atoms with Crippen LogP contribution in [0, 0.1) is 17.8 Å². The zero-order valence-corrected chi connectivity index (χ0v) is 8.30. The summed E-state index contributed by atoms with van der Waals surface area (Å²) >= 11 is 0. The molecule has 2 aliphatic rings. The highest BCUT2D eigenvalue weighted by molar-refractivity contribution is 6.13. The van der Waals surface area contributed by atoms with Gasteiger partial charge in [-0.25, -0.2) is 0 Å². The highest BCUT2D eigenvalue weighted by Crippen LogP contribution is 2.53. The molecule has 0 radical (unpaired) electrons. The Hall–Kier alpha value is -1.43. The number of hydrogen-bond donors (Lipinski definition) is 1. The molecule has 1 aliphatic carbocycles. The van der Waals surface area contributed by atoms with Crippen LogP contribution in [0.15, 0.2) is 0 Å². The molecule has 2 unspecified atom stereocenters. The SMILES string of the molecule is COC(=O)C1C2C(=O)N(CCN)C(=O)C12. The number of ether oxygens (including phenoxy) is 1. The smallest absolute Gasteiger partial charge is 0.310 e. The predicted molar refractivity (Wildman–Crippen MR) is 48.3 cm³/mol. The number of carbonyl (C=O) groups is 3.